The van der Waals surface area contributed by atoms with Gasteiger partial charge in [0.25, 0.3) is 0 Å². The zero-order valence-corrected chi connectivity index (χ0v) is 23.2. The number of nitrogens with one attached hydrogen (secondary N) is 3. The van der Waals surface area contributed by atoms with Crippen LogP contribution in [-0.4, -0.2) is 36.6 Å². The maximum atomic E-state index is 11.1. The Kier molecular flexibility index (Phi) is 7.02. The van der Waals surface area contributed by atoms with Gasteiger partial charge in [0, 0.05) is 40.4 Å². The molecule has 200 valence electrons. The average Bonchev–Trinajstić information content (AvgIpc) is 3.24. The van der Waals surface area contributed by atoms with Crippen LogP contribution in [0.3, 0.4) is 0 Å². The monoisotopic (exact) mass is 541 g/mol. The summed E-state index contributed by atoms with van der Waals surface area (Å²) in [5.74, 6) is 0.124. The van der Waals surface area contributed by atoms with Crippen molar-refractivity contribution in [3.05, 3.63) is 71.7 Å². The van der Waals surface area contributed by atoms with E-state index in [9.17, 15) is 4.79 Å². The van der Waals surface area contributed by atoms with Crippen LogP contribution in [0.4, 0.5) is 11.5 Å². The van der Waals surface area contributed by atoms with Crippen molar-refractivity contribution in [2.45, 2.75) is 45.2 Å². The van der Waals surface area contributed by atoms with Crippen molar-refractivity contribution < 1.29 is 4.79 Å². The van der Waals surface area contributed by atoms with Crippen LogP contribution in [0.25, 0.3) is 34.1 Å². The number of hydrogen-bond donors (Lipinski definition) is 5. The average molecular weight is 542 g/mol. The van der Waals surface area contributed by atoms with Gasteiger partial charge in [-0.1, -0.05) is 30.8 Å². The first kappa shape index (κ1) is 26.3. The molecule has 0 radical (unpaired) electrons. The Morgan fingerprint density at radius 3 is 2.72 bits per heavy atom. The standard InChI is InChI=1S/C28H31N9OS/c1-15(2)37-17(4)24-16(3)7-6-8-19(24)11-21(37)13-36-28-25(27(29)30-14-31-28)26(34-36)20-9-10-22(23(39)12-20)33-35-32-18(5)38/h6-12,14-15,33,35,39H,4,13H2,1-3,5H3,(H,32,38)(H2,29,30,31). The second kappa shape index (κ2) is 10.4. The van der Waals surface area contributed by atoms with Crippen molar-refractivity contribution in [2.75, 3.05) is 11.2 Å². The van der Waals surface area contributed by atoms with Crippen LogP contribution in [0.1, 0.15) is 37.5 Å². The number of aromatic nitrogens is 4. The largest absolute Gasteiger partial charge is 0.383 e. The number of carbonyl (C=O) groups is 1. The van der Waals surface area contributed by atoms with Gasteiger partial charge in [-0.05, 0) is 50.1 Å². The van der Waals surface area contributed by atoms with Gasteiger partial charge in [-0.25, -0.2) is 14.6 Å². The molecular weight excluding hydrogens is 510 g/mol. The molecule has 1 aliphatic heterocycles. The summed E-state index contributed by atoms with van der Waals surface area (Å²) < 4.78 is 1.86. The van der Waals surface area contributed by atoms with Crippen molar-refractivity contribution in [2.24, 2.45) is 0 Å². The summed E-state index contributed by atoms with van der Waals surface area (Å²) in [4.78, 5) is 22.8. The van der Waals surface area contributed by atoms with E-state index < -0.39 is 0 Å². The summed E-state index contributed by atoms with van der Waals surface area (Å²) in [5.41, 5.74) is 22.7. The van der Waals surface area contributed by atoms with Crippen LogP contribution in [0.5, 0.6) is 0 Å². The Balaban J connectivity index is 1.57. The number of nitrogens with two attached hydrogens (primary N) is 1. The van der Waals surface area contributed by atoms with Gasteiger partial charge in [0.15, 0.2) is 5.65 Å². The van der Waals surface area contributed by atoms with Gasteiger partial charge in [0.05, 0.1) is 17.6 Å². The van der Waals surface area contributed by atoms with Crippen LogP contribution in [0, 0.1) is 6.92 Å². The van der Waals surface area contributed by atoms with Gasteiger partial charge in [-0.3, -0.25) is 10.2 Å². The molecule has 1 amide bonds. The summed E-state index contributed by atoms with van der Waals surface area (Å²) in [6, 6.07) is 12.1. The second-order valence-corrected chi connectivity index (χ2v) is 10.2. The number of fused-ring (bicyclic) bond motifs is 2. The SMILES string of the molecule is C=C1c2c(C)cccc2C=C(Cn2nc(-c3ccc(NNNC(C)=O)c(S)c3)c3c(N)ncnc32)N1C(C)C. The van der Waals surface area contributed by atoms with Gasteiger partial charge in [-0.2, -0.15) is 5.10 Å². The summed E-state index contributed by atoms with van der Waals surface area (Å²) in [6.07, 6.45) is 3.65. The third-order valence-corrected chi connectivity index (χ3v) is 6.98. The molecule has 39 heavy (non-hydrogen) atoms. The molecule has 11 heteroatoms. The van der Waals surface area contributed by atoms with E-state index in [1.165, 1.54) is 18.8 Å². The zero-order chi connectivity index (χ0) is 27.8. The maximum absolute atomic E-state index is 11.1. The normalized spacial score (nSPS) is 13.0. The van der Waals surface area contributed by atoms with Gasteiger partial charge >= 0.3 is 0 Å². The number of allylic oxidation sites excluding steroid dienone is 1. The highest BCUT2D eigenvalue weighted by molar-refractivity contribution is 7.80. The van der Waals surface area contributed by atoms with Crippen LogP contribution in [0.2, 0.25) is 0 Å². The van der Waals surface area contributed by atoms with E-state index in [1.807, 2.05) is 22.9 Å². The highest BCUT2D eigenvalue weighted by atomic mass is 32.1. The number of benzene rings is 2. The molecule has 5 rings (SSSR count). The number of nitrogens with zero attached hydrogens (tertiary/aromatic N) is 5. The van der Waals surface area contributed by atoms with Crippen LogP contribution >= 0.6 is 12.6 Å². The maximum Gasteiger partial charge on any atom is 0.232 e. The Bertz CT molecular complexity index is 1640. The van der Waals surface area contributed by atoms with E-state index in [2.05, 4.69) is 95.5 Å². The molecule has 0 saturated carbocycles. The summed E-state index contributed by atoms with van der Waals surface area (Å²) >= 11 is 4.62. The molecule has 0 bridgehead atoms. The molecule has 3 heterocycles. The topological polar surface area (TPSA) is 126 Å². The number of carbonyl (C=O) groups excluding carboxylic acids is 1. The minimum atomic E-state index is -0.223. The third-order valence-electron chi connectivity index (χ3n) is 6.61. The lowest BCUT2D eigenvalue weighted by Crippen LogP contribution is -2.39. The van der Waals surface area contributed by atoms with Crippen LogP contribution in [0.15, 0.2) is 59.9 Å². The fraction of sp³-hybridized carbons (Fsp3) is 0.214. The van der Waals surface area contributed by atoms with E-state index in [0.29, 0.717) is 39.7 Å². The number of rotatable bonds is 7. The van der Waals surface area contributed by atoms with E-state index in [-0.39, 0.29) is 11.9 Å². The molecule has 0 unspecified atom stereocenters. The van der Waals surface area contributed by atoms with Gasteiger partial charge < -0.3 is 16.1 Å². The van der Waals surface area contributed by atoms with Crippen molar-refractivity contribution in [3.63, 3.8) is 0 Å². The third kappa shape index (κ3) is 4.93. The number of hydrazine groups is 2. The molecule has 0 spiro atoms. The van der Waals surface area contributed by atoms with Crippen molar-refractivity contribution in [1.82, 2.24) is 35.6 Å². The predicted molar refractivity (Wildman–Crippen MR) is 158 cm³/mol. The molecule has 5 N–H and O–H groups in total. The molecule has 0 aliphatic carbocycles. The molecule has 2 aromatic heterocycles. The first-order valence-corrected chi connectivity index (χ1v) is 13.0. The summed E-state index contributed by atoms with van der Waals surface area (Å²) in [7, 11) is 0. The minimum Gasteiger partial charge on any atom is -0.383 e. The zero-order valence-electron chi connectivity index (χ0n) is 22.3. The number of hydrogen-bond acceptors (Lipinski definition) is 9. The number of aryl methyl sites for hydroxylation is 1. The molecule has 0 fully saturated rings. The smallest absolute Gasteiger partial charge is 0.232 e. The molecule has 2 aromatic carbocycles. The lowest BCUT2D eigenvalue weighted by molar-refractivity contribution is -0.119. The lowest BCUT2D eigenvalue weighted by Gasteiger charge is -2.37. The Morgan fingerprint density at radius 2 is 2.00 bits per heavy atom. The van der Waals surface area contributed by atoms with Crippen molar-refractivity contribution in [1.29, 1.82) is 0 Å². The van der Waals surface area contributed by atoms with E-state index >= 15 is 0 Å². The van der Waals surface area contributed by atoms with E-state index in [0.717, 1.165) is 28.1 Å². The van der Waals surface area contributed by atoms with Crippen molar-refractivity contribution >= 4 is 52.8 Å². The molecule has 0 atom stereocenters. The summed E-state index contributed by atoms with van der Waals surface area (Å²) in [6.45, 7) is 12.7. The van der Waals surface area contributed by atoms with Crippen LogP contribution in [-0.2, 0) is 11.3 Å². The Morgan fingerprint density at radius 1 is 1.21 bits per heavy atom. The quantitative estimate of drug-likeness (QED) is 0.172. The fourth-order valence-electron chi connectivity index (χ4n) is 4.98. The molecule has 0 saturated heterocycles. The fourth-order valence-corrected chi connectivity index (χ4v) is 5.25. The minimum absolute atomic E-state index is 0.190. The number of nitrogen functional groups attached to an aromatic ring is 1. The first-order valence-electron chi connectivity index (χ1n) is 12.5. The molecule has 4 aromatic rings. The number of anilines is 2. The van der Waals surface area contributed by atoms with Gasteiger partial charge in [0.2, 0.25) is 5.91 Å². The van der Waals surface area contributed by atoms with Gasteiger partial charge in [-0.15, -0.1) is 18.2 Å². The lowest BCUT2D eigenvalue weighted by atomic mass is 9.93. The van der Waals surface area contributed by atoms with Gasteiger partial charge in [0.1, 0.15) is 17.8 Å². The molecule has 10 nitrogen and oxygen atoms in total. The van der Waals surface area contributed by atoms with Crippen molar-refractivity contribution in [3.8, 4) is 11.3 Å². The van der Waals surface area contributed by atoms with Crippen LogP contribution < -0.4 is 22.1 Å². The Labute approximate surface area is 232 Å². The highest BCUT2D eigenvalue weighted by Crippen LogP contribution is 2.38. The highest BCUT2D eigenvalue weighted by Gasteiger charge is 2.27. The number of thiol groups is 1. The summed E-state index contributed by atoms with van der Waals surface area (Å²) in [5, 5.41) is 5.64. The predicted octanol–water partition coefficient (Wildman–Crippen LogP) is 4.38. The number of amides is 1. The van der Waals surface area contributed by atoms with E-state index in [4.69, 9.17) is 10.8 Å². The Hall–Kier alpha value is -4.35. The molecular formula is C28H31N9OS. The van der Waals surface area contributed by atoms with E-state index in [1.54, 1.807) is 0 Å². The second-order valence-electron chi connectivity index (χ2n) is 9.71. The first-order chi connectivity index (χ1) is 18.7. The molecule has 1 aliphatic rings.